The molecule has 18 nitrogen and oxygen atoms in total. The number of benzene rings is 3. The number of anilines is 1. The summed E-state index contributed by atoms with van der Waals surface area (Å²) in [5.41, 5.74) is 26.0. The van der Waals surface area contributed by atoms with Crippen LogP contribution in [0, 0.1) is 0 Å². The zero-order valence-corrected chi connectivity index (χ0v) is 48.4. The number of allylic oxidation sites excluding steroid dienone is 8. The maximum absolute atomic E-state index is 12.7. The molecule has 2 aliphatic heterocycles. The van der Waals surface area contributed by atoms with E-state index in [0.717, 1.165) is 80.6 Å². The van der Waals surface area contributed by atoms with Gasteiger partial charge in [0.05, 0.1) is 84.7 Å². The van der Waals surface area contributed by atoms with Crippen LogP contribution in [0.2, 0.25) is 0 Å². The quantitative estimate of drug-likeness (QED) is 0.0182. The SMILES string of the molecule is CC1(C)C(=CC=C2CCC(C=CC3=[N+](CCCCCC(=O)NCCOCCOCCOCCN=[N+]=[N-])c4ccc5ccccc5c4C3(C)C)=C2Cl)N(CCCCCC(=O)NCCOCCOCCOCCN=[N+]=[N-])c2ccccc21. The topological polar surface area (TPSA) is 217 Å². The normalized spacial score (nSPS) is 16.2. The average Bonchev–Trinajstić information content (AvgIpc) is 4.01. The van der Waals surface area contributed by atoms with Gasteiger partial charge in [0, 0.05) is 101 Å². The van der Waals surface area contributed by atoms with Crippen LogP contribution in [0.5, 0.6) is 0 Å². The molecular formula is C61H84ClN10O8+. The van der Waals surface area contributed by atoms with Gasteiger partial charge in [-0.05, 0) is 109 Å². The van der Waals surface area contributed by atoms with E-state index in [4.69, 9.17) is 51.1 Å². The molecule has 6 rings (SSSR count). The molecule has 1 aliphatic carbocycles. The van der Waals surface area contributed by atoms with Gasteiger partial charge in [0.1, 0.15) is 6.54 Å². The smallest absolute Gasteiger partial charge is 0.220 e. The molecule has 2 heterocycles. The molecule has 0 spiro atoms. The number of hydrogen-bond acceptors (Lipinski definition) is 11. The molecule has 0 saturated heterocycles. The summed E-state index contributed by atoms with van der Waals surface area (Å²) in [6.45, 7) is 17.5. The van der Waals surface area contributed by atoms with Gasteiger partial charge in [0.25, 0.3) is 0 Å². The second kappa shape index (κ2) is 34.3. The summed E-state index contributed by atoms with van der Waals surface area (Å²) >= 11 is 7.33. The number of nitrogens with one attached hydrogen (secondary N) is 2. The first-order valence-electron chi connectivity index (χ1n) is 28.5. The number of hydrogen-bond donors (Lipinski definition) is 2. The Morgan fingerprint density at radius 3 is 1.84 bits per heavy atom. The van der Waals surface area contributed by atoms with Gasteiger partial charge in [0.15, 0.2) is 5.71 Å². The lowest BCUT2D eigenvalue weighted by Crippen LogP contribution is -2.28. The number of azide groups is 2. The number of unbranched alkanes of at least 4 members (excludes halogenated alkanes) is 4. The lowest BCUT2D eigenvalue weighted by molar-refractivity contribution is -0.438. The molecular weight excluding hydrogens is 1040 g/mol. The van der Waals surface area contributed by atoms with E-state index >= 15 is 0 Å². The maximum atomic E-state index is 12.7. The predicted octanol–water partition coefficient (Wildman–Crippen LogP) is 11.7. The average molecular weight is 1120 g/mol. The van der Waals surface area contributed by atoms with E-state index < -0.39 is 0 Å². The van der Waals surface area contributed by atoms with Crippen molar-refractivity contribution in [2.75, 3.05) is 123 Å². The first kappa shape index (κ1) is 63.1. The van der Waals surface area contributed by atoms with Gasteiger partial charge in [-0.2, -0.15) is 4.58 Å². The molecule has 0 fully saturated rings. The summed E-state index contributed by atoms with van der Waals surface area (Å²) in [5.74, 6) is 0.0646. The molecule has 3 aliphatic rings. The van der Waals surface area contributed by atoms with E-state index in [1.165, 1.54) is 44.7 Å². The Morgan fingerprint density at radius 1 is 0.650 bits per heavy atom. The highest BCUT2D eigenvalue weighted by Crippen LogP contribution is 2.49. The Bertz CT molecular complexity index is 2760. The first-order valence-corrected chi connectivity index (χ1v) is 28.9. The van der Waals surface area contributed by atoms with Gasteiger partial charge in [0.2, 0.25) is 17.5 Å². The monoisotopic (exact) mass is 1120 g/mol. The number of amides is 2. The van der Waals surface area contributed by atoms with Gasteiger partial charge >= 0.3 is 0 Å². The molecule has 2 N–H and O–H groups in total. The minimum absolute atomic E-state index is 0.0313. The molecule has 2 amide bonds. The Hall–Kier alpha value is -6.04. The van der Waals surface area contributed by atoms with Crippen molar-refractivity contribution in [2.24, 2.45) is 10.2 Å². The van der Waals surface area contributed by atoms with Crippen LogP contribution in [0.25, 0.3) is 31.7 Å². The minimum Gasteiger partial charge on any atom is -0.379 e. The fourth-order valence-electron chi connectivity index (χ4n) is 10.6. The standard InChI is InChI=1S/C61H83ClN10O8/c1-60(2)51-17-11-12-18-52(51)71(33-13-5-7-19-56(73)65-29-35-75-39-43-79-45-41-77-37-31-67-69-63)54(60)27-24-48-21-22-49(59(48)62)25-28-55-61(3,4)58-50-16-10-9-15-47(50)23-26-53(58)72(55)34-14-6-8-20-57(74)66-30-36-76-40-44-80-46-42-78-38-32-68-70-64/h9-12,15-18,23-28H,5-8,13-14,19-22,29-46H2,1-4H3,(H-,65,66,73,74)/p+1. The summed E-state index contributed by atoms with van der Waals surface area (Å²) < 4.78 is 35.2. The van der Waals surface area contributed by atoms with Gasteiger partial charge in [-0.25, -0.2) is 0 Å². The third kappa shape index (κ3) is 19.0. The summed E-state index contributed by atoms with van der Waals surface area (Å²) in [6, 6.07) is 21.8. The van der Waals surface area contributed by atoms with Crippen molar-refractivity contribution in [3.63, 3.8) is 0 Å². The molecule has 3 aromatic carbocycles. The van der Waals surface area contributed by atoms with E-state index in [9.17, 15) is 9.59 Å². The Labute approximate surface area is 477 Å². The lowest BCUT2D eigenvalue weighted by atomic mass is 9.79. The predicted molar refractivity (Wildman–Crippen MR) is 317 cm³/mol. The zero-order valence-electron chi connectivity index (χ0n) is 47.6. The molecule has 0 aromatic heterocycles. The highest BCUT2D eigenvalue weighted by molar-refractivity contribution is 6.33. The Kier molecular flexibility index (Phi) is 27.1. The first-order chi connectivity index (χ1) is 39.0. The fraction of sp³-hybridized carbons (Fsp3) is 0.557. The number of halogens is 1. The minimum atomic E-state index is -0.264. The molecule has 80 heavy (non-hydrogen) atoms. The second-order valence-corrected chi connectivity index (χ2v) is 21.3. The summed E-state index contributed by atoms with van der Waals surface area (Å²) in [4.78, 5) is 33.1. The summed E-state index contributed by atoms with van der Waals surface area (Å²) in [6.07, 6.45) is 17.1. The van der Waals surface area contributed by atoms with Crippen LogP contribution < -0.4 is 15.5 Å². The van der Waals surface area contributed by atoms with Gasteiger partial charge < -0.3 is 44.0 Å². The number of para-hydroxylation sites is 1. The number of rotatable bonds is 39. The number of fused-ring (bicyclic) bond motifs is 4. The van der Waals surface area contributed by atoms with Crippen LogP contribution in [0.3, 0.4) is 0 Å². The van der Waals surface area contributed by atoms with Crippen molar-refractivity contribution in [3.05, 3.63) is 139 Å². The fourth-order valence-corrected chi connectivity index (χ4v) is 10.9. The van der Waals surface area contributed by atoms with Crippen LogP contribution in [0.1, 0.15) is 103 Å². The summed E-state index contributed by atoms with van der Waals surface area (Å²) in [7, 11) is 0. The van der Waals surface area contributed by atoms with Crippen molar-refractivity contribution < 1.29 is 42.6 Å². The number of nitrogens with zero attached hydrogens (tertiary/aromatic N) is 8. The van der Waals surface area contributed by atoms with Crippen LogP contribution in [-0.2, 0) is 48.8 Å². The molecule has 0 bridgehead atoms. The Morgan fingerprint density at radius 2 is 1.21 bits per heavy atom. The maximum Gasteiger partial charge on any atom is 0.220 e. The molecule has 432 valence electrons. The molecule has 0 saturated carbocycles. The largest absolute Gasteiger partial charge is 0.379 e. The van der Waals surface area contributed by atoms with E-state index in [1.54, 1.807) is 0 Å². The van der Waals surface area contributed by atoms with E-state index in [2.05, 4.69) is 153 Å². The van der Waals surface area contributed by atoms with Crippen LogP contribution in [0.15, 0.2) is 117 Å². The number of carbonyl (C=O) groups is 2. The van der Waals surface area contributed by atoms with Gasteiger partial charge in [-0.3, -0.25) is 9.59 Å². The lowest BCUT2D eigenvalue weighted by Gasteiger charge is -2.27. The molecule has 0 atom stereocenters. The zero-order chi connectivity index (χ0) is 56.8. The third-order valence-electron chi connectivity index (χ3n) is 14.7. The van der Waals surface area contributed by atoms with Crippen molar-refractivity contribution in [1.82, 2.24) is 10.6 Å². The van der Waals surface area contributed by atoms with Gasteiger partial charge in [-0.15, -0.1) is 0 Å². The molecule has 0 radical (unpaired) electrons. The second-order valence-electron chi connectivity index (χ2n) is 21.0. The molecule has 3 aromatic rings. The van der Waals surface area contributed by atoms with Crippen molar-refractivity contribution in [2.45, 2.75) is 103 Å². The molecule has 19 heteroatoms. The Balaban J connectivity index is 0.993. The third-order valence-corrected chi connectivity index (χ3v) is 15.1. The highest BCUT2D eigenvalue weighted by Gasteiger charge is 2.45. The van der Waals surface area contributed by atoms with Gasteiger partial charge in [-0.1, -0.05) is 96.7 Å². The van der Waals surface area contributed by atoms with Crippen molar-refractivity contribution in [1.29, 1.82) is 0 Å². The van der Waals surface area contributed by atoms with Crippen molar-refractivity contribution >= 4 is 51.3 Å². The van der Waals surface area contributed by atoms with Crippen LogP contribution >= 0.6 is 11.6 Å². The van der Waals surface area contributed by atoms with E-state index in [1.807, 2.05) is 0 Å². The van der Waals surface area contributed by atoms with Crippen molar-refractivity contribution in [3.8, 4) is 0 Å². The van der Waals surface area contributed by atoms with Crippen LogP contribution in [0.4, 0.5) is 11.4 Å². The van der Waals surface area contributed by atoms with Crippen LogP contribution in [-0.4, -0.2) is 141 Å². The molecule has 0 unspecified atom stereocenters. The number of carbonyl (C=O) groups excluding carboxylic acids is 2. The highest BCUT2D eigenvalue weighted by atomic mass is 35.5. The van der Waals surface area contributed by atoms with E-state index in [-0.39, 0.29) is 22.6 Å². The summed E-state index contributed by atoms with van der Waals surface area (Å²) in [5, 5.41) is 16.1. The number of ether oxygens (including phenoxy) is 6. The van der Waals surface area contributed by atoms with E-state index in [0.29, 0.717) is 118 Å².